The van der Waals surface area contributed by atoms with E-state index in [4.69, 9.17) is 11.6 Å². The van der Waals surface area contributed by atoms with E-state index in [9.17, 15) is 8.78 Å². The Bertz CT molecular complexity index is 558. The van der Waals surface area contributed by atoms with Crippen molar-refractivity contribution in [3.05, 3.63) is 40.9 Å². The number of benzene rings is 1. The van der Waals surface area contributed by atoms with Gasteiger partial charge in [0.2, 0.25) is 5.28 Å². The van der Waals surface area contributed by atoms with Crippen LogP contribution >= 0.6 is 11.6 Å². The van der Waals surface area contributed by atoms with Crippen LogP contribution in [-0.2, 0) is 0 Å². The number of para-hydroxylation sites is 1. The molecular formula is C11H8ClF2N3. The standard InChI is InChI=1S/C11H8ClF2N3/c12-11-16-15-10(6-4-5-6)17(11)9-7(13)2-1-3-8(9)14/h1-3,6H,4-5H2. The fourth-order valence-electron chi connectivity index (χ4n) is 1.79. The van der Waals surface area contributed by atoms with Crippen molar-refractivity contribution in [2.45, 2.75) is 18.8 Å². The van der Waals surface area contributed by atoms with E-state index in [1.807, 2.05) is 0 Å². The molecule has 0 atom stereocenters. The Morgan fingerprint density at radius 3 is 2.41 bits per heavy atom. The van der Waals surface area contributed by atoms with E-state index in [0.717, 1.165) is 12.8 Å². The van der Waals surface area contributed by atoms with Crippen molar-refractivity contribution in [1.29, 1.82) is 0 Å². The van der Waals surface area contributed by atoms with Gasteiger partial charge in [-0.3, -0.25) is 4.57 Å². The predicted molar refractivity (Wildman–Crippen MR) is 58.3 cm³/mol. The lowest BCUT2D eigenvalue weighted by Gasteiger charge is -2.09. The molecule has 1 heterocycles. The smallest absolute Gasteiger partial charge is 0.229 e. The number of hydrogen-bond acceptors (Lipinski definition) is 2. The van der Waals surface area contributed by atoms with E-state index in [1.54, 1.807) is 0 Å². The Morgan fingerprint density at radius 1 is 1.18 bits per heavy atom. The first-order valence-corrected chi connectivity index (χ1v) is 5.61. The summed E-state index contributed by atoms with van der Waals surface area (Å²) in [6, 6.07) is 3.68. The van der Waals surface area contributed by atoms with Crippen LogP contribution in [0.2, 0.25) is 5.28 Å². The van der Waals surface area contributed by atoms with Gasteiger partial charge in [-0.05, 0) is 36.6 Å². The third-order valence-electron chi connectivity index (χ3n) is 2.75. The van der Waals surface area contributed by atoms with E-state index >= 15 is 0 Å². The highest BCUT2D eigenvalue weighted by atomic mass is 35.5. The summed E-state index contributed by atoms with van der Waals surface area (Å²) in [4.78, 5) is 0. The minimum atomic E-state index is -0.673. The lowest BCUT2D eigenvalue weighted by molar-refractivity contribution is 0.565. The molecule has 1 saturated carbocycles. The first-order chi connectivity index (χ1) is 8.18. The molecule has 1 aliphatic rings. The molecule has 3 rings (SSSR count). The molecule has 0 unspecified atom stereocenters. The fraction of sp³-hybridized carbons (Fsp3) is 0.273. The lowest BCUT2D eigenvalue weighted by atomic mass is 10.2. The molecule has 1 aromatic heterocycles. The van der Waals surface area contributed by atoms with Crippen molar-refractivity contribution in [2.24, 2.45) is 0 Å². The lowest BCUT2D eigenvalue weighted by Crippen LogP contribution is -2.05. The van der Waals surface area contributed by atoms with Crippen LogP contribution in [-0.4, -0.2) is 14.8 Å². The summed E-state index contributed by atoms with van der Waals surface area (Å²) in [5, 5.41) is 7.55. The summed E-state index contributed by atoms with van der Waals surface area (Å²) in [6.07, 6.45) is 1.90. The first-order valence-electron chi connectivity index (χ1n) is 5.23. The fourth-order valence-corrected chi connectivity index (χ4v) is 2.00. The molecule has 3 nitrogen and oxygen atoms in total. The average Bonchev–Trinajstić information content (AvgIpc) is 3.05. The summed E-state index contributed by atoms with van der Waals surface area (Å²) >= 11 is 5.85. The minimum absolute atomic E-state index is 0.0177. The van der Waals surface area contributed by atoms with Gasteiger partial charge in [-0.2, -0.15) is 0 Å². The van der Waals surface area contributed by atoms with Gasteiger partial charge >= 0.3 is 0 Å². The van der Waals surface area contributed by atoms with Crippen LogP contribution in [0.3, 0.4) is 0 Å². The minimum Gasteiger partial charge on any atom is -0.264 e. The summed E-state index contributed by atoms with van der Waals surface area (Å²) in [6.45, 7) is 0. The summed E-state index contributed by atoms with van der Waals surface area (Å²) in [7, 11) is 0. The summed E-state index contributed by atoms with van der Waals surface area (Å²) in [5.41, 5.74) is -0.204. The Kier molecular flexibility index (Phi) is 2.36. The van der Waals surface area contributed by atoms with Gasteiger partial charge in [0.25, 0.3) is 0 Å². The summed E-state index contributed by atoms with van der Waals surface area (Å²) < 4.78 is 28.6. The quantitative estimate of drug-likeness (QED) is 0.826. The van der Waals surface area contributed by atoms with Crippen molar-refractivity contribution in [3.63, 3.8) is 0 Å². The van der Waals surface area contributed by atoms with Gasteiger partial charge in [0, 0.05) is 5.92 Å². The Balaban J connectivity index is 2.24. The second kappa shape index (κ2) is 3.77. The highest BCUT2D eigenvalue weighted by Gasteiger charge is 2.32. The Labute approximate surface area is 101 Å². The van der Waals surface area contributed by atoms with Gasteiger partial charge in [-0.25, -0.2) is 8.78 Å². The van der Waals surface area contributed by atoms with Crippen LogP contribution < -0.4 is 0 Å². The van der Waals surface area contributed by atoms with E-state index in [-0.39, 0.29) is 16.9 Å². The maximum atomic E-state index is 13.7. The highest BCUT2D eigenvalue weighted by molar-refractivity contribution is 6.28. The van der Waals surface area contributed by atoms with Crippen molar-refractivity contribution < 1.29 is 8.78 Å². The van der Waals surface area contributed by atoms with Crippen molar-refractivity contribution in [1.82, 2.24) is 14.8 Å². The molecule has 1 fully saturated rings. The second-order valence-corrected chi connectivity index (χ2v) is 4.35. The molecular weight excluding hydrogens is 248 g/mol. The maximum absolute atomic E-state index is 13.7. The van der Waals surface area contributed by atoms with Crippen molar-refractivity contribution in [3.8, 4) is 5.69 Å². The third kappa shape index (κ3) is 1.70. The Hall–Kier alpha value is -1.49. The van der Waals surface area contributed by atoms with E-state index in [2.05, 4.69) is 10.2 Å². The Morgan fingerprint density at radius 2 is 1.82 bits per heavy atom. The average molecular weight is 256 g/mol. The van der Waals surface area contributed by atoms with Crippen LogP contribution in [0.5, 0.6) is 0 Å². The van der Waals surface area contributed by atoms with Gasteiger partial charge < -0.3 is 0 Å². The molecule has 88 valence electrons. The number of halogens is 3. The topological polar surface area (TPSA) is 30.7 Å². The molecule has 6 heteroatoms. The first kappa shape index (κ1) is 10.7. The molecule has 0 radical (unpaired) electrons. The molecule has 0 N–H and O–H groups in total. The molecule has 0 spiro atoms. The van der Waals surface area contributed by atoms with Crippen LogP contribution in [0.25, 0.3) is 5.69 Å². The largest absolute Gasteiger partial charge is 0.264 e. The van der Waals surface area contributed by atoms with Crippen LogP contribution in [0.4, 0.5) is 8.78 Å². The maximum Gasteiger partial charge on any atom is 0.229 e. The van der Waals surface area contributed by atoms with E-state index in [1.165, 1.54) is 22.8 Å². The molecule has 0 aliphatic heterocycles. The highest BCUT2D eigenvalue weighted by Crippen LogP contribution is 2.41. The molecule has 0 saturated heterocycles. The third-order valence-corrected chi connectivity index (χ3v) is 3.00. The monoisotopic (exact) mass is 255 g/mol. The van der Waals surface area contributed by atoms with Gasteiger partial charge in [0.05, 0.1) is 0 Å². The number of nitrogens with zero attached hydrogens (tertiary/aromatic N) is 3. The van der Waals surface area contributed by atoms with Gasteiger partial charge in [-0.1, -0.05) is 6.07 Å². The summed E-state index contributed by atoms with van der Waals surface area (Å²) in [5.74, 6) is -0.616. The molecule has 2 aromatic rings. The van der Waals surface area contributed by atoms with E-state index in [0.29, 0.717) is 5.82 Å². The molecule has 1 aliphatic carbocycles. The molecule has 17 heavy (non-hydrogen) atoms. The number of aromatic nitrogens is 3. The van der Waals surface area contributed by atoms with Crippen LogP contribution in [0.15, 0.2) is 18.2 Å². The van der Waals surface area contributed by atoms with Gasteiger partial charge in [0.1, 0.15) is 23.1 Å². The molecule has 0 bridgehead atoms. The van der Waals surface area contributed by atoms with E-state index < -0.39 is 11.6 Å². The van der Waals surface area contributed by atoms with Gasteiger partial charge in [0.15, 0.2) is 0 Å². The second-order valence-electron chi connectivity index (χ2n) is 4.01. The molecule has 0 amide bonds. The van der Waals surface area contributed by atoms with Crippen LogP contribution in [0, 0.1) is 11.6 Å². The van der Waals surface area contributed by atoms with Crippen LogP contribution in [0.1, 0.15) is 24.6 Å². The zero-order valence-electron chi connectivity index (χ0n) is 8.70. The zero-order chi connectivity index (χ0) is 12.0. The van der Waals surface area contributed by atoms with Gasteiger partial charge in [-0.15, -0.1) is 10.2 Å². The normalized spacial score (nSPS) is 15.2. The molecule has 1 aromatic carbocycles. The number of rotatable bonds is 2. The van der Waals surface area contributed by atoms with Crippen molar-refractivity contribution in [2.75, 3.05) is 0 Å². The SMILES string of the molecule is Fc1cccc(F)c1-n1c(Cl)nnc1C1CC1. The number of hydrogen-bond donors (Lipinski definition) is 0. The zero-order valence-corrected chi connectivity index (χ0v) is 9.46. The predicted octanol–water partition coefficient (Wildman–Crippen LogP) is 3.08. The van der Waals surface area contributed by atoms with Crippen molar-refractivity contribution >= 4 is 11.6 Å².